The molecular formula is C24H18N6O. The topological polar surface area (TPSA) is 94.0 Å². The SMILES string of the molecule is NCc1ccn(-c2ccc(-c3cccc4c3N=Cc3cccc5[nH]c(=O)n-4c35)cn2)c1. The van der Waals surface area contributed by atoms with Crippen molar-refractivity contribution in [3.05, 3.63) is 94.8 Å². The summed E-state index contributed by atoms with van der Waals surface area (Å²) in [6.45, 7) is 0.493. The van der Waals surface area contributed by atoms with Gasteiger partial charge < -0.3 is 15.3 Å². The fourth-order valence-corrected chi connectivity index (χ4v) is 4.14. The van der Waals surface area contributed by atoms with E-state index >= 15 is 0 Å². The summed E-state index contributed by atoms with van der Waals surface area (Å²) in [5.41, 5.74) is 12.4. The van der Waals surface area contributed by atoms with Crippen LogP contribution in [0.3, 0.4) is 0 Å². The van der Waals surface area contributed by atoms with Gasteiger partial charge in [0.15, 0.2) is 0 Å². The van der Waals surface area contributed by atoms with Crippen LogP contribution in [0, 0.1) is 0 Å². The number of para-hydroxylation sites is 2. The van der Waals surface area contributed by atoms with Crippen LogP contribution in [0.4, 0.5) is 5.69 Å². The van der Waals surface area contributed by atoms with E-state index in [0.29, 0.717) is 6.54 Å². The highest BCUT2D eigenvalue weighted by atomic mass is 16.1. The highest BCUT2D eigenvalue weighted by Crippen LogP contribution is 2.38. The zero-order valence-corrected chi connectivity index (χ0v) is 16.5. The van der Waals surface area contributed by atoms with Crippen molar-refractivity contribution in [2.45, 2.75) is 6.54 Å². The molecular weight excluding hydrogens is 388 g/mol. The first-order valence-corrected chi connectivity index (χ1v) is 9.98. The Morgan fingerprint density at radius 2 is 1.94 bits per heavy atom. The van der Waals surface area contributed by atoms with Crippen LogP contribution in [0.1, 0.15) is 11.1 Å². The van der Waals surface area contributed by atoms with Crippen LogP contribution >= 0.6 is 0 Å². The monoisotopic (exact) mass is 406 g/mol. The predicted octanol–water partition coefficient (Wildman–Crippen LogP) is 3.69. The van der Waals surface area contributed by atoms with Crippen LogP contribution in [0.25, 0.3) is 33.7 Å². The highest BCUT2D eigenvalue weighted by molar-refractivity contribution is 6.01. The molecule has 0 aliphatic carbocycles. The Kier molecular flexibility index (Phi) is 3.78. The number of aromatic nitrogens is 4. The van der Waals surface area contributed by atoms with E-state index in [1.807, 2.05) is 84.0 Å². The summed E-state index contributed by atoms with van der Waals surface area (Å²) >= 11 is 0. The largest absolute Gasteiger partial charge is 0.331 e. The van der Waals surface area contributed by atoms with E-state index in [-0.39, 0.29) is 5.69 Å². The zero-order chi connectivity index (χ0) is 20.9. The van der Waals surface area contributed by atoms with Gasteiger partial charge in [-0.1, -0.05) is 24.3 Å². The van der Waals surface area contributed by atoms with Gasteiger partial charge in [0.25, 0.3) is 0 Å². The van der Waals surface area contributed by atoms with Crippen LogP contribution in [-0.2, 0) is 6.54 Å². The second-order valence-corrected chi connectivity index (χ2v) is 7.48. The molecule has 6 rings (SSSR count). The van der Waals surface area contributed by atoms with E-state index < -0.39 is 0 Å². The van der Waals surface area contributed by atoms with Crippen molar-refractivity contribution >= 4 is 22.9 Å². The predicted molar refractivity (Wildman–Crippen MR) is 122 cm³/mol. The number of nitrogens with zero attached hydrogens (tertiary/aromatic N) is 4. The number of hydrogen-bond acceptors (Lipinski definition) is 4. The number of pyridine rings is 1. The lowest BCUT2D eigenvalue weighted by Gasteiger charge is -2.11. The molecule has 2 aromatic carbocycles. The molecule has 0 amide bonds. The Morgan fingerprint density at radius 1 is 1.03 bits per heavy atom. The minimum Gasteiger partial charge on any atom is -0.326 e. The lowest BCUT2D eigenvalue weighted by atomic mass is 10.0. The summed E-state index contributed by atoms with van der Waals surface area (Å²) in [6.07, 6.45) is 7.57. The van der Waals surface area contributed by atoms with E-state index in [0.717, 1.165) is 50.5 Å². The van der Waals surface area contributed by atoms with Crippen molar-refractivity contribution in [2.24, 2.45) is 10.7 Å². The fourth-order valence-electron chi connectivity index (χ4n) is 4.14. The molecule has 1 aliphatic rings. The first kappa shape index (κ1) is 17.6. The number of nitrogens with two attached hydrogens (primary N) is 1. The molecule has 3 aromatic heterocycles. The maximum atomic E-state index is 12.8. The minimum atomic E-state index is -0.178. The van der Waals surface area contributed by atoms with Gasteiger partial charge in [-0.2, -0.15) is 0 Å². The van der Waals surface area contributed by atoms with Gasteiger partial charge in [0.1, 0.15) is 5.82 Å². The summed E-state index contributed by atoms with van der Waals surface area (Å²) in [4.78, 5) is 25.1. The Hall–Kier alpha value is -4.23. The number of hydrogen-bond donors (Lipinski definition) is 2. The van der Waals surface area contributed by atoms with E-state index in [4.69, 9.17) is 10.7 Å². The van der Waals surface area contributed by atoms with Gasteiger partial charge >= 0.3 is 5.69 Å². The highest BCUT2D eigenvalue weighted by Gasteiger charge is 2.20. The maximum Gasteiger partial charge on any atom is 0.331 e. The molecule has 0 saturated carbocycles. The molecule has 3 N–H and O–H groups in total. The smallest absolute Gasteiger partial charge is 0.326 e. The fraction of sp³-hybridized carbons (Fsp3) is 0.0417. The van der Waals surface area contributed by atoms with Crippen molar-refractivity contribution in [3.8, 4) is 22.6 Å². The van der Waals surface area contributed by atoms with Gasteiger partial charge in [0.2, 0.25) is 0 Å². The second-order valence-electron chi connectivity index (χ2n) is 7.48. The molecule has 1 aliphatic heterocycles. The first-order valence-electron chi connectivity index (χ1n) is 9.98. The van der Waals surface area contributed by atoms with Gasteiger partial charge in [0, 0.05) is 48.0 Å². The third-order valence-electron chi connectivity index (χ3n) is 5.64. The molecule has 0 bridgehead atoms. The lowest BCUT2D eigenvalue weighted by Crippen LogP contribution is -2.14. The Bertz CT molecular complexity index is 1530. The molecule has 31 heavy (non-hydrogen) atoms. The van der Waals surface area contributed by atoms with Gasteiger partial charge in [-0.25, -0.2) is 9.78 Å². The number of benzene rings is 2. The summed E-state index contributed by atoms with van der Waals surface area (Å²) < 4.78 is 3.65. The average Bonchev–Trinajstić information content (AvgIpc) is 3.37. The third kappa shape index (κ3) is 2.68. The molecule has 0 radical (unpaired) electrons. The molecule has 5 aromatic rings. The number of imidazole rings is 1. The molecule has 0 unspecified atom stereocenters. The molecule has 4 heterocycles. The van der Waals surface area contributed by atoms with Gasteiger partial charge in [-0.05, 0) is 35.9 Å². The van der Waals surface area contributed by atoms with Crippen LogP contribution in [0.5, 0.6) is 0 Å². The number of aromatic amines is 1. The van der Waals surface area contributed by atoms with Crippen LogP contribution in [0.2, 0.25) is 0 Å². The van der Waals surface area contributed by atoms with Crippen LogP contribution in [0.15, 0.2) is 83.0 Å². The zero-order valence-electron chi connectivity index (χ0n) is 16.5. The number of aliphatic imine (C=N–C) groups is 1. The van der Waals surface area contributed by atoms with E-state index in [9.17, 15) is 4.79 Å². The first-order chi connectivity index (χ1) is 15.2. The Balaban J connectivity index is 1.50. The van der Waals surface area contributed by atoms with E-state index in [2.05, 4.69) is 9.97 Å². The number of fused-ring (bicyclic) bond motifs is 2. The quantitative estimate of drug-likeness (QED) is 0.469. The van der Waals surface area contributed by atoms with Gasteiger partial charge in [-0.15, -0.1) is 0 Å². The Labute approximate surface area is 177 Å². The lowest BCUT2D eigenvalue weighted by molar-refractivity contribution is 0.989. The molecule has 0 saturated heterocycles. The Morgan fingerprint density at radius 3 is 2.74 bits per heavy atom. The summed E-state index contributed by atoms with van der Waals surface area (Å²) in [5.74, 6) is 0.810. The summed E-state index contributed by atoms with van der Waals surface area (Å²) in [7, 11) is 0. The maximum absolute atomic E-state index is 12.8. The van der Waals surface area contributed by atoms with Crippen molar-refractivity contribution in [2.75, 3.05) is 0 Å². The molecule has 7 nitrogen and oxygen atoms in total. The number of rotatable bonds is 3. The van der Waals surface area contributed by atoms with Crippen molar-refractivity contribution < 1.29 is 0 Å². The molecule has 0 atom stereocenters. The molecule has 150 valence electrons. The standard InChI is InChI=1S/C24H18N6O/c25-11-15-9-10-29(14-15)21-8-7-16(12-26-21)18-4-2-6-20-22(18)27-13-17-3-1-5-19-23(17)30(20)24(31)28-19/h1-10,12-14H,11,25H2,(H,28,31). The summed E-state index contributed by atoms with van der Waals surface area (Å²) in [5, 5.41) is 0. The second kappa shape index (κ2) is 6.65. The molecule has 0 fully saturated rings. The third-order valence-corrected chi connectivity index (χ3v) is 5.64. The van der Waals surface area contributed by atoms with E-state index in [1.165, 1.54) is 0 Å². The van der Waals surface area contributed by atoms with Crippen LogP contribution < -0.4 is 11.4 Å². The number of nitrogens with one attached hydrogen (secondary N) is 1. The van der Waals surface area contributed by atoms with Gasteiger partial charge in [0.05, 0.1) is 22.4 Å². The normalized spacial score (nSPS) is 12.2. The van der Waals surface area contributed by atoms with Crippen molar-refractivity contribution in [1.82, 2.24) is 19.1 Å². The summed E-state index contributed by atoms with van der Waals surface area (Å²) in [6, 6.07) is 17.6. The van der Waals surface area contributed by atoms with E-state index in [1.54, 1.807) is 4.57 Å². The van der Waals surface area contributed by atoms with Crippen LogP contribution in [-0.4, -0.2) is 25.3 Å². The van der Waals surface area contributed by atoms with Crippen molar-refractivity contribution in [3.63, 3.8) is 0 Å². The van der Waals surface area contributed by atoms with Crippen molar-refractivity contribution in [1.29, 1.82) is 0 Å². The molecule has 0 spiro atoms. The minimum absolute atomic E-state index is 0.178. The van der Waals surface area contributed by atoms with Gasteiger partial charge in [-0.3, -0.25) is 9.56 Å². The number of H-pyrrole nitrogens is 1. The average molecular weight is 406 g/mol. The molecule has 7 heteroatoms.